The van der Waals surface area contributed by atoms with E-state index < -0.39 is 5.60 Å². The predicted octanol–water partition coefficient (Wildman–Crippen LogP) is 7.70. The second-order valence-electron chi connectivity index (χ2n) is 10.3. The van der Waals surface area contributed by atoms with Crippen molar-refractivity contribution < 1.29 is 9.53 Å². The molecule has 1 saturated carbocycles. The first-order valence-corrected chi connectivity index (χ1v) is 13.3. The zero-order chi connectivity index (χ0) is 24.6. The molecule has 1 aliphatic heterocycles. The van der Waals surface area contributed by atoms with Crippen LogP contribution in [-0.4, -0.2) is 30.4 Å². The number of nitrogens with one attached hydrogen (secondary N) is 1. The molecule has 3 aliphatic rings. The molecule has 1 unspecified atom stereocenters. The molecule has 1 fully saturated rings. The Balaban J connectivity index is 0.000000578. The molecular formula is C29H50N2O2. The molecule has 4 nitrogen and oxygen atoms in total. The third kappa shape index (κ3) is 14.2. The monoisotopic (exact) mass is 458 g/mol. The van der Waals surface area contributed by atoms with Crippen LogP contribution in [0, 0.1) is 5.41 Å². The van der Waals surface area contributed by atoms with E-state index in [0.29, 0.717) is 12.5 Å². The third-order valence-electron chi connectivity index (χ3n) is 5.85. The highest BCUT2D eigenvalue weighted by molar-refractivity contribution is 5.69. The molecule has 0 radical (unpaired) electrons. The van der Waals surface area contributed by atoms with Gasteiger partial charge in [-0.25, -0.2) is 0 Å². The molecule has 0 aromatic heterocycles. The van der Waals surface area contributed by atoms with Crippen LogP contribution in [0.25, 0.3) is 0 Å². The first-order valence-electron chi connectivity index (χ1n) is 13.3. The van der Waals surface area contributed by atoms with E-state index in [1.807, 2.05) is 47.0 Å². The van der Waals surface area contributed by atoms with Crippen molar-refractivity contribution in [2.45, 2.75) is 124 Å². The van der Waals surface area contributed by atoms with Gasteiger partial charge in [-0.3, -0.25) is 9.79 Å². The Morgan fingerprint density at radius 3 is 2.21 bits per heavy atom. The third-order valence-corrected chi connectivity index (χ3v) is 5.85. The Hall–Kier alpha value is -1.68. The van der Waals surface area contributed by atoms with E-state index in [2.05, 4.69) is 41.5 Å². The smallest absolute Gasteiger partial charge is 0.306 e. The first kappa shape index (κ1) is 29.4. The molecule has 33 heavy (non-hydrogen) atoms. The Kier molecular flexibility index (Phi) is 14.3. The molecule has 1 atom stereocenters. The van der Waals surface area contributed by atoms with Crippen molar-refractivity contribution in [1.29, 1.82) is 0 Å². The standard InChI is InChI=1S/C21H36N2O2.C6H8.C2H6/c1-5-11-21(16-23-18-8-9-18,14-17-7-6-13-22-15-17)12-10-19(24)25-20(2,3)4;1-2-4-6-5-3-1;1-2/h13,15,18,23H,5-12,14,16H2,1-4H3;1-4H,5-6H2;1-2H3. The van der Waals surface area contributed by atoms with Crippen molar-refractivity contribution >= 4 is 12.2 Å². The summed E-state index contributed by atoms with van der Waals surface area (Å²) in [6, 6.07) is 0.691. The van der Waals surface area contributed by atoms with Gasteiger partial charge in [-0.2, -0.15) is 0 Å². The number of carbonyl (C=O) groups excluding carboxylic acids is 1. The number of hydrogen-bond acceptors (Lipinski definition) is 4. The minimum atomic E-state index is -0.405. The quantitative estimate of drug-likeness (QED) is 0.341. The zero-order valence-corrected chi connectivity index (χ0v) is 22.3. The summed E-state index contributed by atoms with van der Waals surface area (Å²) < 4.78 is 5.54. The van der Waals surface area contributed by atoms with Gasteiger partial charge < -0.3 is 10.1 Å². The van der Waals surface area contributed by atoms with Crippen molar-refractivity contribution in [3.8, 4) is 0 Å². The van der Waals surface area contributed by atoms with E-state index in [0.717, 1.165) is 45.1 Å². The highest BCUT2D eigenvalue weighted by Gasteiger charge is 2.34. The van der Waals surface area contributed by atoms with Crippen molar-refractivity contribution in [2.75, 3.05) is 6.54 Å². The van der Waals surface area contributed by atoms with Crippen LogP contribution in [0.15, 0.2) is 41.1 Å². The van der Waals surface area contributed by atoms with Crippen LogP contribution in [0.2, 0.25) is 0 Å². The molecule has 0 spiro atoms. The number of nitrogens with zero attached hydrogens (tertiary/aromatic N) is 1. The molecule has 188 valence electrons. The van der Waals surface area contributed by atoms with Crippen LogP contribution in [0.1, 0.15) is 112 Å². The number of allylic oxidation sites excluding steroid dienone is 5. The second-order valence-corrected chi connectivity index (χ2v) is 10.3. The number of hydrogen-bond donors (Lipinski definition) is 1. The highest BCUT2D eigenvalue weighted by Crippen LogP contribution is 2.39. The number of esters is 1. The second kappa shape index (κ2) is 16.0. The summed E-state index contributed by atoms with van der Waals surface area (Å²) in [6.45, 7) is 13.0. The van der Waals surface area contributed by atoms with Crippen molar-refractivity contribution in [3.05, 3.63) is 36.1 Å². The normalized spacial score (nSPS) is 18.8. The van der Waals surface area contributed by atoms with Crippen LogP contribution in [0.3, 0.4) is 0 Å². The van der Waals surface area contributed by atoms with E-state index >= 15 is 0 Å². The van der Waals surface area contributed by atoms with Gasteiger partial charge in [-0.1, -0.05) is 57.1 Å². The Morgan fingerprint density at radius 2 is 1.76 bits per heavy atom. The molecule has 1 heterocycles. The van der Waals surface area contributed by atoms with Gasteiger partial charge in [0, 0.05) is 31.4 Å². The number of ether oxygens (including phenoxy) is 1. The highest BCUT2D eigenvalue weighted by atomic mass is 16.6. The van der Waals surface area contributed by atoms with Crippen LogP contribution in [0.4, 0.5) is 0 Å². The first-order chi connectivity index (χ1) is 15.8. The van der Waals surface area contributed by atoms with Crippen LogP contribution < -0.4 is 5.32 Å². The van der Waals surface area contributed by atoms with Crippen molar-refractivity contribution in [1.82, 2.24) is 5.32 Å². The number of carbonyl (C=O) groups is 1. The lowest BCUT2D eigenvalue weighted by molar-refractivity contribution is -0.155. The molecule has 0 saturated heterocycles. The van der Waals surface area contributed by atoms with Crippen molar-refractivity contribution in [2.24, 2.45) is 10.4 Å². The number of rotatable bonds is 10. The Morgan fingerprint density at radius 1 is 1.09 bits per heavy atom. The van der Waals surface area contributed by atoms with Gasteiger partial charge in [0.25, 0.3) is 0 Å². The molecule has 0 aromatic carbocycles. The van der Waals surface area contributed by atoms with Crippen molar-refractivity contribution in [3.63, 3.8) is 0 Å². The summed E-state index contributed by atoms with van der Waals surface area (Å²) in [4.78, 5) is 16.6. The predicted molar refractivity (Wildman–Crippen MR) is 143 cm³/mol. The van der Waals surface area contributed by atoms with Gasteiger partial charge in [0.05, 0.1) is 0 Å². The maximum atomic E-state index is 12.3. The largest absolute Gasteiger partial charge is 0.460 e. The SMILES string of the molecule is C1=CCCC=C1.CC.CCCC(CCC(=O)OC(C)(C)C)(CNC1CC1)CC1=CN=CCC1. The summed E-state index contributed by atoms with van der Waals surface area (Å²) in [5.41, 5.74) is 1.15. The van der Waals surface area contributed by atoms with E-state index in [1.54, 1.807) is 0 Å². The van der Waals surface area contributed by atoms with Crippen LogP contribution in [-0.2, 0) is 9.53 Å². The van der Waals surface area contributed by atoms with Gasteiger partial charge in [-0.15, -0.1) is 0 Å². The number of aliphatic imine (C=N–C) groups is 1. The zero-order valence-electron chi connectivity index (χ0n) is 22.3. The maximum Gasteiger partial charge on any atom is 0.306 e. The van der Waals surface area contributed by atoms with E-state index in [9.17, 15) is 4.79 Å². The lowest BCUT2D eigenvalue weighted by atomic mass is 9.73. The minimum absolute atomic E-state index is 0.0740. The molecule has 0 aromatic rings. The van der Waals surface area contributed by atoms with Gasteiger partial charge >= 0.3 is 5.97 Å². The fourth-order valence-corrected chi connectivity index (χ4v) is 4.18. The van der Waals surface area contributed by atoms with Gasteiger partial charge in [-0.05, 0) is 84.0 Å². The minimum Gasteiger partial charge on any atom is -0.460 e. The molecular weight excluding hydrogens is 408 g/mol. The molecule has 1 N–H and O–H groups in total. The molecule has 0 amide bonds. The van der Waals surface area contributed by atoms with Gasteiger partial charge in [0.15, 0.2) is 0 Å². The van der Waals surface area contributed by atoms with Gasteiger partial charge in [0.2, 0.25) is 0 Å². The maximum absolute atomic E-state index is 12.3. The summed E-state index contributed by atoms with van der Waals surface area (Å²) in [5, 5.41) is 3.73. The molecule has 2 aliphatic carbocycles. The molecule has 3 rings (SSSR count). The van der Waals surface area contributed by atoms with E-state index in [4.69, 9.17) is 4.74 Å². The van der Waals surface area contributed by atoms with Gasteiger partial charge in [0.1, 0.15) is 5.60 Å². The molecule has 0 bridgehead atoms. The van der Waals surface area contributed by atoms with Crippen LogP contribution >= 0.6 is 0 Å². The van der Waals surface area contributed by atoms with E-state index in [-0.39, 0.29) is 11.4 Å². The fraction of sp³-hybridized carbons (Fsp3) is 0.724. The lowest BCUT2D eigenvalue weighted by Gasteiger charge is -2.36. The average Bonchev–Trinajstić information content (AvgIpc) is 3.64. The summed E-state index contributed by atoms with van der Waals surface area (Å²) in [5.74, 6) is -0.0740. The Labute approximate surface area is 204 Å². The average molecular weight is 459 g/mol. The topological polar surface area (TPSA) is 50.7 Å². The summed E-state index contributed by atoms with van der Waals surface area (Å²) in [6.07, 6.45) is 24.5. The summed E-state index contributed by atoms with van der Waals surface area (Å²) >= 11 is 0. The Bertz CT molecular complexity index is 654. The van der Waals surface area contributed by atoms with Crippen LogP contribution in [0.5, 0.6) is 0 Å². The molecule has 4 heteroatoms. The summed E-state index contributed by atoms with van der Waals surface area (Å²) in [7, 11) is 0. The van der Waals surface area contributed by atoms with E-state index in [1.165, 1.54) is 31.3 Å². The lowest BCUT2D eigenvalue weighted by Crippen LogP contribution is -2.37. The fourth-order valence-electron chi connectivity index (χ4n) is 4.18.